The number of aliphatic hydroxyl groups is 1. The van der Waals surface area contributed by atoms with Crippen LogP contribution in [0.2, 0.25) is 0 Å². The van der Waals surface area contributed by atoms with Crippen molar-refractivity contribution < 1.29 is 28.9 Å². The second-order valence-corrected chi connectivity index (χ2v) is 9.02. The fourth-order valence-corrected chi connectivity index (χ4v) is 4.93. The third kappa shape index (κ3) is 5.19. The van der Waals surface area contributed by atoms with Gasteiger partial charge in [0.2, 0.25) is 6.79 Å². The van der Waals surface area contributed by atoms with E-state index in [1.807, 2.05) is 36.6 Å². The number of benzene rings is 2. The van der Waals surface area contributed by atoms with Crippen LogP contribution in [0.5, 0.6) is 11.5 Å². The molecule has 1 aliphatic heterocycles. The van der Waals surface area contributed by atoms with Crippen molar-refractivity contribution >= 4 is 33.4 Å². The first-order valence-electron chi connectivity index (χ1n) is 11.0. The van der Waals surface area contributed by atoms with Crippen LogP contribution in [0.4, 0.5) is 0 Å². The topological polar surface area (TPSA) is 108 Å². The SMILES string of the molecule is CCCCC(O)C(C(=O)OC(=O)[C@@H](N)Cc1csc2ccccc12)c1ccc2c(c1)OCO2. The number of nitrogens with two attached hydrogens (primary N) is 1. The Bertz CT molecular complexity index is 1140. The van der Waals surface area contributed by atoms with Gasteiger partial charge in [0, 0.05) is 4.70 Å². The number of thiophene rings is 1. The lowest BCUT2D eigenvalue weighted by molar-refractivity contribution is -0.163. The summed E-state index contributed by atoms with van der Waals surface area (Å²) in [5.41, 5.74) is 7.53. The Morgan fingerprint density at radius 1 is 1.15 bits per heavy atom. The highest BCUT2D eigenvalue weighted by molar-refractivity contribution is 7.17. The smallest absolute Gasteiger partial charge is 0.330 e. The number of unbranched alkanes of at least 4 members (excludes halogenated alkanes) is 1. The average molecular weight is 470 g/mol. The largest absolute Gasteiger partial charge is 0.454 e. The van der Waals surface area contributed by atoms with Crippen LogP contribution in [0.15, 0.2) is 47.8 Å². The summed E-state index contributed by atoms with van der Waals surface area (Å²) in [6.07, 6.45) is 1.23. The van der Waals surface area contributed by atoms with Crippen LogP contribution in [-0.4, -0.2) is 36.0 Å². The van der Waals surface area contributed by atoms with Crippen molar-refractivity contribution in [1.29, 1.82) is 0 Å². The molecule has 2 unspecified atom stereocenters. The molecule has 3 atom stereocenters. The molecule has 0 saturated heterocycles. The van der Waals surface area contributed by atoms with E-state index in [2.05, 4.69) is 0 Å². The molecule has 0 spiro atoms. The molecule has 1 aromatic heterocycles. The Morgan fingerprint density at radius 3 is 2.76 bits per heavy atom. The van der Waals surface area contributed by atoms with Gasteiger partial charge >= 0.3 is 11.9 Å². The van der Waals surface area contributed by atoms with Gasteiger partial charge in [-0.15, -0.1) is 11.3 Å². The Kier molecular flexibility index (Phi) is 7.27. The van der Waals surface area contributed by atoms with Crippen LogP contribution in [0.3, 0.4) is 0 Å². The molecular formula is C25H27NO6S. The third-order valence-electron chi connectivity index (χ3n) is 5.75. The number of fused-ring (bicyclic) bond motifs is 2. The Labute approximate surface area is 196 Å². The van der Waals surface area contributed by atoms with Gasteiger partial charge in [0.05, 0.1) is 6.10 Å². The van der Waals surface area contributed by atoms with Crippen LogP contribution in [0.25, 0.3) is 10.1 Å². The standard InChI is InChI=1S/C25H27NO6S/c1-2-3-7-19(27)23(15-9-10-20-21(12-15)31-14-30-20)25(29)32-24(28)18(26)11-16-13-33-22-8-5-4-6-17(16)22/h4-6,8-10,12-13,18-19,23,27H,2-3,7,11,14,26H2,1H3/t18-,19?,23?/m0/s1. The number of esters is 2. The summed E-state index contributed by atoms with van der Waals surface area (Å²) in [5, 5.41) is 13.8. The Balaban J connectivity index is 1.48. The lowest BCUT2D eigenvalue weighted by atomic mass is 9.90. The molecule has 0 saturated carbocycles. The third-order valence-corrected chi connectivity index (χ3v) is 6.77. The highest BCUT2D eigenvalue weighted by atomic mass is 32.1. The molecule has 1 aliphatic rings. The lowest BCUT2D eigenvalue weighted by Crippen LogP contribution is -2.38. The van der Waals surface area contributed by atoms with E-state index in [0.29, 0.717) is 23.5 Å². The van der Waals surface area contributed by atoms with E-state index in [1.165, 1.54) is 0 Å². The van der Waals surface area contributed by atoms with Gasteiger partial charge in [0.1, 0.15) is 12.0 Å². The number of carbonyl (C=O) groups is 2. The zero-order valence-corrected chi connectivity index (χ0v) is 19.2. The van der Waals surface area contributed by atoms with Gasteiger partial charge in [-0.05, 0) is 52.9 Å². The molecule has 3 aromatic rings. The van der Waals surface area contributed by atoms with Crippen molar-refractivity contribution in [2.45, 2.75) is 50.7 Å². The van der Waals surface area contributed by atoms with E-state index in [4.69, 9.17) is 19.9 Å². The first kappa shape index (κ1) is 23.2. The highest BCUT2D eigenvalue weighted by Gasteiger charge is 2.34. The van der Waals surface area contributed by atoms with Gasteiger partial charge in [-0.1, -0.05) is 44.0 Å². The number of aliphatic hydroxyl groups excluding tert-OH is 1. The zero-order valence-electron chi connectivity index (χ0n) is 18.4. The molecule has 7 nitrogen and oxygen atoms in total. The first-order chi connectivity index (χ1) is 16.0. The maximum absolute atomic E-state index is 13.0. The van der Waals surface area contributed by atoms with Crippen LogP contribution < -0.4 is 15.2 Å². The molecule has 2 heterocycles. The molecule has 0 fully saturated rings. The van der Waals surface area contributed by atoms with E-state index in [-0.39, 0.29) is 13.2 Å². The molecule has 8 heteroatoms. The predicted octanol–water partition coefficient (Wildman–Crippen LogP) is 3.90. The number of rotatable bonds is 9. The molecule has 0 radical (unpaired) electrons. The van der Waals surface area contributed by atoms with Gasteiger partial charge in [-0.25, -0.2) is 4.79 Å². The molecule has 174 valence electrons. The van der Waals surface area contributed by atoms with Gasteiger partial charge in [-0.3, -0.25) is 4.79 Å². The fourth-order valence-electron chi connectivity index (χ4n) is 3.95. The van der Waals surface area contributed by atoms with E-state index in [1.54, 1.807) is 29.5 Å². The zero-order chi connectivity index (χ0) is 23.4. The van der Waals surface area contributed by atoms with Gasteiger partial charge in [0.15, 0.2) is 11.5 Å². The Morgan fingerprint density at radius 2 is 1.94 bits per heavy atom. The minimum atomic E-state index is -1.04. The Hall–Kier alpha value is -2.94. The highest BCUT2D eigenvalue weighted by Crippen LogP contribution is 2.36. The van der Waals surface area contributed by atoms with E-state index in [0.717, 1.165) is 28.5 Å². The molecule has 4 rings (SSSR count). The maximum Gasteiger partial charge on any atom is 0.330 e. The van der Waals surface area contributed by atoms with Crippen molar-refractivity contribution in [3.8, 4) is 11.5 Å². The van der Waals surface area contributed by atoms with Crippen LogP contribution in [-0.2, 0) is 20.7 Å². The van der Waals surface area contributed by atoms with Gasteiger partial charge in [0.25, 0.3) is 0 Å². The molecule has 33 heavy (non-hydrogen) atoms. The van der Waals surface area contributed by atoms with E-state index >= 15 is 0 Å². The summed E-state index contributed by atoms with van der Waals surface area (Å²) in [6, 6.07) is 11.9. The molecular weight excluding hydrogens is 442 g/mol. The van der Waals surface area contributed by atoms with Crippen molar-refractivity contribution in [2.24, 2.45) is 5.73 Å². The number of carbonyl (C=O) groups excluding carboxylic acids is 2. The minimum absolute atomic E-state index is 0.0941. The van der Waals surface area contributed by atoms with Crippen molar-refractivity contribution in [3.05, 3.63) is 59.0 Å². The summed E-state index contributed by atoms with van der Waals surface area (Å²) in [7, 11) is 0. The lowest BCUT2D eigenvalue weighted by Gasteiger charge is -2.22. The summed E-state index contributed by atoms with van der Waals surface area (Å²) in [4.78, 5) is 25.7. The van der Waals surface area contributed by atoms with E-state index < -0.39 is 30.0 Å². The normalized spacial score (nSPS) is 15.2. The fraction of sp³-hybridized carbons (Fsp3) is 0.360. The summed E-state index contributed by atoms with van der Waals surface area (Å²) >= 11 is 1.58. The molecule has 0 aliphatic carbocycles. The van der Waals surface area contributed by atoms with Crippen LogP contribution in [0.1, 0.15) is 43.2 Å². The van der Waals surface area contributed by atoms with Crippen LogP contribution in [0, 0.1) is 0 Å². The summed E-state index contributed by atoms with van der Waals surface area (Å²) in [6.45, 7) is 2.09. The predicted molar refractivity (Wildman–Crippen MR) is 125 cm³/mol. The number of ether oxygens (including phenoxy) is 3. The molecule has 0 amide bonds. The van der Waals surface area contributed by atoms with Crippen molar-refractivity contribution in [1.82, 2.24) is 0 Å². The van der Waals surface area contributed by atoms with E-state index in [9.17, 15) is 14.7 Å². The van der Waals surface area contributed by atoms with Crippen molar-refractivity contribution in [2.75, 3.05) is 6.79 Å². The van der Waals surface area contributed by atoms with Crippen LogP contribution >= 0.6 is 11.3 Å². The maximum atomic E-state index is 13.0. The second kappa shape index (κ2) is 10.3. The minimum Gasteiger partial charge on any atom is -0.454 e. The molecule has 0 bridgehead atoms. The monoisotopic (exact) mass is 469 g/mol. The quantitative estimate of drug-likeness (QED) is 0.361. The summed E-state index contributed by atoms with van der Waals surface area (Å²) < 4.78 is 17.0. The van der Waals surface area contributed by atoms with Gasteiger partial charge < -0.3 is 25.1 Å². The molecule has 3 N–H and O–H groups in total. The van der Waals surface area contributed by atoms with Crippen molar-refractivity contribution in [3.63, 3.8) is 0 Å². The number of hydrogen-bond acceptors (Lipinski definition) is 8. The first-order valence-corrected chi connectivity index (χ1v) is 11.9. The van der Waals surface area contributed by atoms with Gasteiger partial charge in [-0.2, -0.15) is 0 Å². The second-order valence-electron chi connectivity index (χ2n) is 8.11. The average Bonchev–Trinajstić information content (AvgIpc) is 3.44. The number of hydrogen-bond donors (Lipinski definition) is 2. The summed E-state index contributed by atoms with van der Waals surface area (Å²) in [5.74, 6) is -1.63. The molecule has 2 aromatic carbocycles.